The number of hydrogen-bond acceptors (Lipinski definition) is 4. The van der Waals surface area contributed by atoms with Gasteiger partial charge in [-0.3, -0.25) is 15.0 Å². The van der Waals surface area contributed by atoms with Gasteiger partial charge < -0.3 is 4.57 Å². The summed E-state index contributed by atoms with van der Waals surface area (Å²) in [6.45, 7) is 1.55. The smallest absolute Gasteiger partial charge is 0.257 e. The number of hydrogen-bond donors (Lipinski definition) is 2. The number of hydrazine groups is 1. The average Bonchev–Trinajstić information content (AvgIpc) is 2.48. The number of nitrogens with one attached hydrogen (secondary N) is 2. The Morgan fingerprint density at radius 3 is 2.45 bits per heavy atom. The van der Waals surface area contributed by atoms with Gasteiger partial charge in [-0.25, -0.2) is 8.42 Å². The highest BCUT2D eigenvalue weighted by molar-refractivity contribution is 7.89. The van der Waals surface area contributed by atoms with Crippen molar-refractivity contribution in [3.63, 3.8) is 0 Å². The van der Waals surface area contributed by atoms with Gasteiger partial charge in [-0.05, 0) is 25.1 Å². The minimum atomic E-state index is -3.84. The predicted octanol–water partition coefficient (Wildman–Crippen LogP) is 0.166. The van der Waals surface area contributed by atoms with E-state index in [-0.39, 0.29) is 17.0 Å². The van der Waals surface area contributed by atoms with Gasteiger partial charge in [0, 0.05) is 12.3 Å². The number of carbonyl (C=O) groups excluding carboxylic acids is 1. The third-order valence-corrected chi connectivity index (χ3v) is 4.13. The maximum Gasteiger partial charge on any atom is 0.257 e. The van der Waals surface area contributed by atoms with Crippen molar-refractivity contribution in [2.75, 3.05) is 0 Å². The fraction of sp³-hybridized carbons (Fsp3) is 0.143. The zero-order valence-corrected chi connectivity index (χ0v) is 12.6. The van der Waals surface area contributed by atoms with Crippen LogP contribution in [0.2, 0.25) is 0 Å². The van der Waals surface area contributed by atoms with Crippen LogP contribution in [0.4, 0.5) is 0 Å². The Labute approximate surface area is 127 Å². The lowest BCUT2D eigenvalue weighted by molar-refractivity contribution is -0.122. The Morgan fingerprint density at radius 1 is 1.14 bits per heavy atom. The van der Waals surface area contributed by atoms with Crippen LogP contribution in [0.15, 0.2) is 58.4 Å². The summed E-state index contributed by atoms with van der Waals surface area (Å²) in [5, 5.41) is 0. The van der Waals surface area contributed by atoms with E-state index < -0.39 is 15.9 Å². The van der Waals surface area contributed by atoms with Gasteiger partial charge in [0.2, 0.25) is 0 Å². The predicted molar refractivity (Wildman–Crippen MR) is 80.3 cm³/mol. The van der Waals surface area contributed by atoms with Crippen LogP contribution in [0, 0.1) is 6.92 Å². The molecule has 1 aromatic carbocycles. The molecule has 2 N–H and O–H groups in total. The molecule has 0 spiro atoms. The second-order valence-corrected chi connectivity index (χ2v) is 6.32. The van der Waals surface area contributed by atoms with Crippen molar-refractivity contribution < 1.29 is 13.2 Å². The van der Waals surface area contributed by atoms with E-state index in [0.717, 1.165) is 10.1 Å². The fourth-order valence-corrected chi connectivity index (χ4v) is 2.55. The Balaban J connectivity index is 2.00. The van der Waals surface area contributed by atoms with Gasteiger partial charge in [-0.15, -0.1) is 4.83 Å². The molecule has 0 aliphatic heterocycles. The van der Waals surface area contributed by atoms with Gasteiger partial charge in [0.15, 0.2) is 0 Å². The number of amides is 1. The monoisotopic (exact) mass is 321 g/mol. The number of aryl methyl sites for hydroxylation is 1. The Bertz CT molecular complexity index is 826. The standard InChI is InChI=1S/C14H15N3O4S/c1-11-5-7-12(8-6-11)22(20,21)16-15-13(18)10-17-9-3-2-4-14(17)19/h2-9,16H,10H2,1H3,(H,15,18). The van der Waals surface area contributed by atoms with Gasteiger partial charge in [0.05, 0.1) is 4.90 Å². The number of nitrogens with zero attached hydrogens (tertiary/aromatic N) is 1. The quantitative estimate of drug-likeness (QED) is 0.767. The Morgan fingerprint density at radius 2 is 1.82 bits per heavy atom. The summed E-state index contributed by atoms with van der Waals surface area (Å²) >= 11 is 0. The fourth-order valence-electron chi connectivity index (χ4n) is 1.69. The van der Waals surface area contributed by atoms with E-state index in [2.05, 4.69) is 5.43 Å². The summed E-state index contributed by atoms with van der Waals surface area (Å²) in [6.07, 6.45) is 1.44. The number of rotatable bonds is 5. The van der Waals surface area contributed by atoms with Crippen molar-refractivity contribution >= 4 is 15.9 Å². The molecule has 1 heterocycles. The molecule has 0 atom stereocenters. The molecule has 0 saturated heterocycles. The van der Waals surface area contributed by atoms with Crippen molar-refractivity contribution in [1.29, 1.82) is 0 Å². The number of benzene rings is 1. The maximum atomic E-state index is 12.0. The molecule has 22 heavy (non-hydrogen) atoms. The molecule has 0 radical (unpaired) electrons. The third-order valence-electron chi connectivity index (χ3n) is 2.87. The molecule has 2 aromatic rings. The Hall–Kier alpha value is -2.45. The van der Waals surface area contributed by atoms with Gasteiger partial charge in [0.25, 0.3) is 21.5 Å². The van der Waals surface area contributed by atoms with Crippen molar-refractivity contribution in [1.82, 2.24) is 14.8 Å². The highest BCUT2D eigenvalue weighted by Gasteiger charge is 2.14. The zero-order chi connectivity index (χ0) is 16.2. The van der Waals surface area contributed by atoms with Gasteiger partial charge in [-0.2, -0.15) is 0 Å². The molecule has 7 nitrogen and oxygen atoms in total. The van der Waals surface area contributed by atoms with E-state index in [0.29, 0.717) is 0 Å². The second kappa shape index (κ2) is 6.54. The number of sulfonamides is 1. The first-order chi connectivity index (χ1) is 10.4. The Kier molecular flexibility index (Phi) is 4.74. The molecule has 2 rings (SSSR count). The van der Waals surface area contributed by atoms with E-state index in [9.17, 15) is 18.0 Å². The topological polar surface area (TPSA) is 97.3 Å². The molecule has 8 heteroatoms. The first-order valence-electron chi connectivity index (χ1n) is 6.41. The summed E-state index contributed by atoms with van der Waals surface area (Å²) in [7, 11) is -3.84. The molecular formula is C14H15N3O4S. The largest absolute Gasteiger partial charge is 0.306 e. The molecular weight excluding hydrogens is 306 g/mol. The van der Waals surface area contributed by atoms with E-state index in [1.165, 1.54) is 24.4 Å². The molecule has 0 bridgehead atoms. The zero-order valence-electron chi connectivity index (χ0n) is 11.8. The first-order valence-corrected chi connectivity index (χ1v) is 7.89. The summed E-state index contributed by atoms with van der Waals surface area (Å²) in [4.78, 5) is 25.2. The third kappa shape index (κ3) is 4.03. The first kappa shape index (κ1) is 15.9. The molecule has 116 valence electrons. The van der Waals surface area contributed by atoms with Gasteiger partial charge in [-0.1, -0.05) is 23.8 Å². The normalized spacial score (nSPS) is 11.1. The molecule has 0 unspecified atom stereocenters. The van der Waals surface area contributed by atoms with Gasteiger partial charge in [0.1, 0.15) is 6.54 Å². The lowest BCUT2D eigenvalue weighted by atomic mass is 10.2. The molecule has 1 amide bonds. The average molecular weight is 321 g/mol. The molecule has 0 fully saturated rings. The lowest BCUT2D eigenvalue weighted by Gasteiger charge is -2.09. The van der Waals surface area contributed by atoms with Crippen LogP contribution < -0.4 is 15.8 Å². The SMILES string of the molecule is Cc1ccc(S(=O)(=O)NNC(=O)Cn2ccccc2=O)cc1. The van der Waals surface area contributed by atoms with E-state index in [1.807, 2.05) is 11.8 Å². The molecule has 0 aliphatic carbocycles. The minimum Gasteiger partial charge on any atom is -0.306 e. The molecule has 0 aliphatic rings. The van der Waals surface area contributed by atoms with Crippen LogP contribution in [-0.4, -0.2) is 18.9 Å². The van der Waals surface area contributed by atoms with E-state index >= 15 is 0 Å². The van der Waals surface area contributed by atoms with Crippen molar-refractivity contribution in [2.24, 2.45) is 0 Å². The summed E-state index contributed by atoms with van der Waals surface area (Å²) < 4.78 is 25.1. The van der Waals surface area contributed by atoms with Crippen molar-refractivity contribution in [3.8, 4) is 0 Å². The van der Waals surface area contributed by atoms with Crippen LogP contribution in [-0.2, 0) is 21.4 Å². The molecule has 1 aromatic heterocycles. The minimum absolute atomic E-state index is 0.0373. The van der Waals surface area contributed by atoms with Crippen LogP contribution >= 0.6 is 0 Å². The second-order valence-electron chi connectivity index (χ2n) is 4.63. The van der Waals surface area contributed by atoms with Crippen molar-refractivity contribution in [3.05, 3.63) is 64.6 Å². The number of pyridine rings is 1. The van der Waals surface area contributed by atoms with Crippen molar-refractivity contribution in [2.45, 2.75) is 18.4 Å². The van der Waals surface area contributed by atoms with Gasteiger partial charge >= 0.3 is 0 Å². The highest BCUT2D eigenvalue weighted by atomic mass is 32.2. The maximum absolute atomic E-state index is 12.0. The van der Waals surface area contributed by atoms with Crippen LogP contribution in [0.3, 0.4) is 0 Å². The number of carbonyl (C=O) groups is 1. The lowest BCUT2D eigenvalue weighted by Crippen LogP contribution is -2.44. The van der Waals surface area contributed by atoms with E-state index in [4.69, 9.17) is 0 Å². The van der Waals surface area contributed by atoms with Crippen LogP contribution in [0.5, 0.6) is 0 Å². The highest BCUT2D eigenvalue weighted by Crippen LogP contribution is 2.08. The summed E-state index contributed by atoms with van der Waals surface area (Å²) in [5.74, 6) is -0.649. The molecule has 0 saturated carbocycles. The number of aromatic nitrogens is 1. The van der Waals surface area contributed by atoms with Crippen LogP contribution in [0.25, 0.3) is 0 Å². The summed E-state index contributed by atoms with van der Waals surface area (Å²) in [5.41, 5.74) is 2.65. The van der Waals surface area contributed by atoms with E-state index in [1.54, 1.807) is 24.3 Å². The van der Waals surface area contributed by atoms with Crippen LogP contribution in [0.1, 0.15) is 5.56 Å². The summed E-state index contributed by atoms with van der Waals surface area (Å²) in [6, 6.07) is 10.6.